The molecule has 0 spiro atoms. The first kappa shape index (κ1) is 13.4. The smallest absolute Gasteiger partial charge is 0.305 e. The molecule has 0 saturated carbocycles. The topological polar surface area (TPSA) is 58.6 Å². The molecule has 0 aliphatic heterocycles. The Kier molecular flexibility index (Phi) is 5.33. The minimum Gasteiger partial charge on any atom is -0.497 e. The van der Waals surface area contributed by atoms with Crippen molar-refractivity contribution in [3.05, 3.63) is 24.3 Å². The van der Waals surface area contributed by atoms with E-state index in [0.717, 1.165) is 24.3 Å². The molecule has 1 aromatic carbocycles. The molecule has 2 N–H and O–H groups in total. The molecular weight excluding hydrogens is 218 g/mol. The zero-order chi connectivity index (χ0) is 12.7. The lowest BCUT2D eigenvalue weighted by Crippen LogP contribution is -2.22. The third kappa shape index (κ3) is 4.76. The van der Waals surface area contributed by atoms with E-state index in [4.69, 9.17) is 9.84 Å². The lowest BCUT2D eigenvalue weighted by Gasteiger charge is -2.17. The van der Waals surface area contributed by atoms with E-state index >= 15 is 0 Å². The molecule has 0 fully saturated rings. The molecule has 1 rings (SSSR count). The predicted octanol–water partition coefficient (Wildman–Crippen LogP) is 2.75. The van der Waals surface area contributed by atoms with Gasteiger partial charge in [-0.2, -0.15) is 0 Å². The zero-order valence-electron chi connectivity index (χ0n) is 10.3. The van der Waals surface area contributed by atoms with Gasteiger partial charge in [0.1, 0.15) is 5.75 Å². The van der Waals surface area contributed by atoms with E-state index in [9.17, 15) is 4.79 Å². The van der Waals surface area contributed by atoms with Crippen LogP contribution in [0.2, 0.25) is 0 Å². The maximum atomic E-state index is 10.7. The van der Waals surface area contributed by atoms with E-state index in [1.165, 1.54) is 0 Å². The number of ether oxygens (including phenoxy) is 1. The number of anilines is 1. The van der Waals surface area contributed by atoms with Gasteiger partial charge in [-0.25, -0.2) is 0 Å². The lowest BCUT2D eigenvalue weighted by atomic mass is 10.1. The molecule has 0 aromatic heterocycles. The van der Waals surface area contributed by atoms with Crippen molar-refractivity contribution < 1.29 is 14.6 Å². The fourth-order valence-corrected chi connectivity index (χ4v) is 1.71. The quantitative estimate of drug-likeness (QED) is 0.765. The maximum Gasteiger partial charge on any atom is 0.305 e. The average molecular weight is 237 g/mol. The number of methoxy groups -OCH3 is 1. The van der Waals surface area contributed by atoms with Crippen molar-refractivity contribution in [3.8, 4) is 5.75 Å². The van der Waals surface area contributed by atoms with E-state index in [0.29, 0.717) is 0 Å². The van der Waals surface area contributed by atoms with Gasteiger partial charge in [0.2, 0.25) is 0 Å². The van der Waals surface area contributed by atoms with Gasteiger partial charge in [-0.15, -0.1) is 0 Å². The number of nitrogens with one attached hydrogen (secondary N) is 1. The van der Waals surface area contributed by atoms with Gasteiger partial charge in [0.25, 0.3) is 0 Å². The van der Waals surface area contributed by atoms with Crippen molar-refractivity contribution in [3.63, 3.8) is 0 Å². The van der Waals surface area contributed by atoms with E-state index in [2.05, 4.69) is 5.32 Å². The Morgan fingerprint density at radius 1 is 1.41 bits per heavy atom. The third-order valence-electron chi connectivity index (χ3n) is 2.52. The van der Waals surface area contributed by atoms with Crippen LogP contribution in [-0.4, -0.2) is 24.2 Å². The van der Waals surface area contributed by atoms with E-state index in [1.54, 1.807) is 7.11 Å². The Hall–Kier alpha value is -1.71. The summed E-state index contributed by atoms with van der Waals surface area (Å²) in [7, 11) is 1.62. The number of carbonyl (C=O) groups is 1. The zero-order valence-corrected chi connectivity index (χ0v) is 10.3. The number of carboxylic acids is 1. The Morgan fingerprint density at radius 2 is 2.06 bits per heavy atom. The second-order valence-corrected chi connectivity index (χ2v) is 3.96. The summed E-state index contributed by atoms with van der Waals surface area (Å²) in [5, 5.41) is 12.0. The van der Waals surface area contributed by atoms with Crippen molar-refractivity contribution in [1.29, 1.82) is 0 Å². The van der Waals surface area contributed by atoms with Crippen LogP contribution in [0.5, 0.6) is 5.75 Å². The summed E-state index contributed by atoms with van der Waals surface area (Å²) < 4.78 is 5.06. The molecule has 0 radical (unpaired) electrons. The molecule has 0 aliphatic rings. The molecular formula is C13H19NO3. The summed E-state index contributed by atoms with van der Waals surface area (Å²) in [5.74, 6) is 0.0188. The van der Waals surface area contributed by atoms with Crippen LogP contribution in [0.25, 0.3) is 0 Å². The molecule has 0 bridgehead atoms. The minimum atomic E-state index is -0.774. The summed E-state index contributed by atoms with van der Waals surface area (Å²) in [4.78, 5) is 10.7. The molecule has 0 saturated heterocycles. The van der Waals surface area contributed by atoms with E-state index < -0.39 is 5.97 Å². The van der Waals surface area contributed by atoms with Crippen LogP contribution in [0.1, 0.15) is 26.2 Å². The van der Waals surface area contributed by atoms with Gasteiger partial charge in [0.05, 0.1) is 13.5 Å². The van der Waals surface area contributed by atoms with Crippen LogP contribution in [0.15, 0.2) is 24.3 Å². The molecule has 0 unspecified atom stereocenters. The SMILES string of the molecule is CCC[C@@H](CC(=O)O)Nc1ccc(OC)cc1. The highest BCUT2D eigenvalue weighted by Gasteiger charge is 2.11. The highest BCUT2D eigenvalue weighted by Crippen LogP contribution is 2.17. The van der Waals surface area contributed by atoms with Crippen molar-refractivity contribution in [2.24, 2.45) is 0 Å². The van der Waals surface area contributed by atoms with Crippen molar-refractivity contribution in [1.82, 2.24) is 0 Å². The van der Waals surface area contributed by atoms with Crippen LogP contribution >= 0.6 is 0 Å². The summed E-state index contributed by atoms with van der Waals surface area (Å²) in [5.41, 5.74) is 0.922. The number of aliphatic carboxylic acids is 1. The average Bonchev–Trinajstić information content (AvgIpc) is 2.29. The molecule has 0 amide bonds. The largest absolute Gasteiger partial charge is 0.497 e. The molecule has 0 heterocycles. The lowest BCUT2D eigenvalue weighted by molar-refractivity contribution is -0.137. The van der Waals surface area contributed by atoms with Crippen LogP contribution in [0, 0.1) is 0 Å². The third-order valence-corrected chi connectivity index (χ3v) is 2.52. The standard InChI is InChI=1S/C13H19NO3/c1-3-4-11(9-13(15)16)14-10-5-7-12(17-2)8-6-10/h5-8,11,14H,3-4,9H2,1-2H3,(H,15,16)/t11-/m0/s1. The first-order valence-corrected chi connectivity index (χ1v) is 5.78. The van der Waals surface area contributed by atoms with Gasteiger partial charge in [0.15, 0.2) is 0 Å². The summed E-state index contributed by atoms with van der Waals surface area (Å²) >= 11 is 0. The van der Waals surface area contributed by atoms with Crippen LogP contribution in [0.4, 0.5) is 5.69 Å². The van der Waals surface area contributed by atoms with E-state index in [1.807, 2.05) is 31.2 Å². The minimum absolute atomic E-state index is 0.0223. The first-order chi connectivity index (χ1) is 8.15. The van der Waals surface area contributed by atoms with Gasteiger partial charge in [-0.1, -0.05) is 13.3 Å². The number of rotatable bonds is 7. The van der Waals surface area contributed by atoms with Crippen LogP contribution < -0.4 is 10.1 Å². The highest BCUT2D eigenvalue weighted by molar-refractivity contribution is 5.68. The highest BCUT2D eigenvalue weighted by atomic mass is 16.5. The number of hydrogen-bond donors (Lipinski definition) is 2. The Balaban J connectivity index is 2.61. The predicted molar refractivity (Wildman–Crippen MR) is 67.6 cm³/mol. The van der Waals surface area contributed by atoms with E-state index in [-0.39, 0.29) is 12.5 Å². The Bertz CT molecular complexity index is 348. The van der Waals surface area contributed by atoms with Gasteiger partial charge >= 0.3 is 5.97 Å². The van der Waals surface area contributed by atoms with Gasteiger partial charge in [0, 0.05) is 11.7 Å². The Morgan fingerprint density at radius 3 is 2.53 bits per heavy atom. The van der Waals surface area contributed by atoms with Crippen molar-refractivity contribution in [2.75, 3.05) is 12.4 Å². The Labute approximate surface area is 102 Å². The normalized spacial score (nSPS) is 11.9. The summed E-state index contributed by atoms with van der Waals surface area (Å²) in [6.07, 6.45) is 1.94. The molecule has 4 heteroatoms. The second-order valence-electron chi connectivity index (χ2n) is 3.96. The summed E-state index contributed by atoms with van der Waals surface area (Å²) in [6.45, 7) is 2.05. The molecule has 17 heavy (non-hydrogen) atoms. The fourth-order valence-electron chi connectivity index (χ4n) is 1.71. The van der Waals surface area contributed by atoms with Crippen LogP contribution in [-0.2, 0) is 4.79 Å². The van der Waals surface area contributed by atoms with Gasteiger partial charge < -0.3 is 15.2 Å². The molecule has 1 atom stereocenters. The maximum absolute atomic E-state index is 10.7. The van der Waals surface area contributed by atoms with Gasteiger partial charge in [-0.3, -0.25) is 4.79 Å². The first-order valence-electron chi connectivity index (χ1n) is 5.78. The molecule has 1 aromatic rings. The summed E-state index contributed by atoms with van der Waals surface area (Å²) in [6, 6.07) is 7.47. The van der Waals surface area contributed by atoms with Gasteiger partial charge in [-0.05, 0) is 30.7 Å². The number of carboxylic acid groups (broad SMARTS) is 1. The fraction of sp³-hybridized carbons (Fsp3) is 0.462. The van der Waals surface area contributed by atoms with Crippen molar-refractivity contribution in [2.45, 2.75) is 32.2 Å². The number of hydrogen-bond acceptors (Lipinski definition) is 3. The monoisotopic (exact) mass is 237 g/mol. The second kappa shape index (κ2) is 6.78. The van der Waals surface area contributed by atoms with Crippen molar-refractivity contribution >= 4 is 11.7 Å². The molecule has 94 valence electrons. The molecule has 4 nitrogen and oxygen atoms in total. The van der Waals surface area contributed by atoms with Crippen LogP contribution in [0.3, 0.4) is 0 Å². The number of benzene rings is 1. The molecule has 0 aliphatic carbocycles.